The summed E-state index contributed by atoms with van der Waals surface area (Å²) in [5.41, 5.74) is 0.0812. The summed E-state index contributed by atoms with van der Waals surface area (Å²) in [7, 11) is -2.57. The van der Waals surface area contributed by atoms with Gasteiger partial charge in [0.15, 0.2) is 0 Å². The van der Waals surface area contributed by atoms with Crippen LogP contribution in [0.2, 0.25) is 5.02 Å². The van der Waals surface area contributed by atoms with E-state index in [0.29, 0.717) is 0 Å². The van der Waals surface area contributed by atoms with Gasteiger partial charge in [-0.2, -0.15) is 4.31 Å². The third-order valence-electron chi connectivity index (χ3n) is 3.79. The summed E-state index contributed by atoms with van der Waals surface area (Å²) in [4.78, 5) is 22.4. The number of sulfonamides is 1. The summed E-state index contributed by atoms with van der Waals surface area (Å²) >= 11 is 5.95. The molecule has 1 aliphatic heterocycles. The Morgan fingerprint density at radius 1 is 1.30 bits per heavy atom. The standard InChI is InChI=1S/C14H16ClNO6S/c1-22-14(19)11-3-2-10(8-12(11)15)23(20,21)16-6-4-9(5-7-16)13(17)18/h2-3,8-9H,4-7H2,1H3,(H,17,18). The maximum Gasteiger partial charge on any atom is 0.339 e. The van der Waals surface area contributed by atoms with Gasteiger partial charge in [0.25, 0.3) is 0 Å². The lowest BCUT2D eigenvalue weighted by Gasteiger charge is -2.29. The smallest absolute Gasteiger partial charge is 0.339 e. The molecule has 0 saturated carbocycles. The third kappa shape index (κ3) is 3.65. The summed E-state index contributed by atoms with van der Waals surface area (Å²) in [6, 6.07) is 3.79. The second-order valence-electron chi connectivity index (χ2n) is 5.15. The molecular formula is C14H16ClNO6S. The quantitative estimate of drug-likeness (QED) is 0.817. The average molecular weight is 362 g/mol. The van der Waals surface area contributed by atoms with E-state index in [4.69, 9.17) is 16.7 Å². The summed E-state index contributed by atoms with van der Waals surface area (Å²) in [6.07, 6.45) is 0.533. The minimum absolute atomic E-state index is 0.0154. The Kier molecular flexibility index (Phi) is 5.28. The Bertz CT molecular complexity index is 725. The highest BCUT2D eigenvalue weighted by Crippen LogP contribution is 2.27. The topological polar surface area (TPSA) is 101 Å². The first-order valence-corrected chi connectivity index (χ1v) is 8.70. The Morgan fingerprint density at radius 2 is 1.91 bits per heavy atom. The first-order valence-electron chi connectivity index (χ1n) is 6.88. The first kappa shape index (κ1) is 17.7. The van der Waals surface area contributed by atoms with Crippen LogP contribution >= 0.6 is 11.6 Å². The number of nitrogens with zero attached hydrogens (tertiary/aromatic N) is 1. The fourth-order valence-electron chi connectivity index (χ4n) is 2.42. The minimum atomic E-state index is -3.78. The SMILES string of the molecule is COC(=O)c1ccc(S(=O)(=O)N2CCC(C(=O)O)CC2)cc1Cl. The molecule has 9 heteroatoms. The molecule has 0 bridgehead atoms. The van der Waals surface area contributed by atoms with Crippen molar-refractivity contribution in [1.82, 2.24) is 4.31 Å². The number of hydrogen-bond donors (Lipinski definition) is 1. The molecule has 126 valence electrons. The zero-order chi connectivity index (χ0) is 17.2. The van der Waals surface area contributed by atoms with Gasteiger partial charge in [-0.05, 0) is 31.0 Å². The van der Waals surface area contributed by atoms with Crippen molar-refractivity contribution in [2.45, 2.75) is 17.7 Å². The van der Waals surface area contributed by atoms with E-state index in [1.165, 1.54) is 29.6 Å². The number of benzene rings is 1. The third-order valence-corrected chi connectivity index (χ3v) is 5.99. The van der Waals surface area contributed by atoms with Crippen LogP contribution in [-0.2, 0) is 19.6 Å². The molecule has 1 aliphatic rings. The largest absolute Gasteiger partial charge is 0.481 e. The van der Waals surface area contributed by atoms with Crippen LogP contribution in [0.1, 0.15) is 23.2 Å². The number of esters is 1. The van der Waals surface area contributed by atoms with Crippen LogP contribution in [0.5, 0.6) is 0 Å². The van der Waals surface area contributed by atoms with E-state index in [1.807, 2.05) is 0 Å². The number of carbonyl (C=O) groups is 2. The fraction of sp³-hybridized carbons (Fsp3) is 0.429. The van der Waals surface area contributed by atoms with Gasteiger partial charge in [-0.1, -0.05) is 11.6 Å². The molecule has 1 aromatic rings. The minimum Gasteiger partial charge on any atom is -0.481 e. The number of carboxylic acids is 1. The van der Waals surface area contributed by atoms with E-state index >= 15 is 0 Å². The zero-order valence-corrected chi connectivity index (χ0v) is 13.9. The van der Waals surface area contributed by atoms with Gasteiger partial charge in [0.2, 0.25) is 10.0 Å². The highest BCUT2D eigenvalue weighted by atomic mass is 35.5. The Balaban J connectivity index is 2.22. The number of rotatable bonds is 4. The van der Waals surface area contributed by atoms with E-state index in [-0.39, 0.29) is 41.4 Å². The maximum atomic E-state index is 12.6. The van der Waals surface area contributed by atoms with Crippen molar-refractivity contribution >= 4 is 33.6 Å². The number of aliphatic carboxylic acids is 1. The van der Waals surface area contributed by atoms with E-state index < -0.39 is 27.9 Å². The van der Waals surface area contributed by atoms with Crippen molar-refractivity contribution in [2.24, 2.45) is 5.92 Å². The second kappa shape index (κ2) is 6.86. The van der Waals surface area contributed by atoms with Crippen molar-refractivity contribution in [3.8, 4) is 0 Å². The molecule has 1 heterocycles. The van der Waals surface area contributed by atoms with Crippen molar-refractivity contribution in [3.05, 3.63) is 28.8 Å². The number of ether oxygens (including phenoxy) is 1. The summed E-state index contributed by atoms with van der Waals surface area (Å²) in [5, 5.41) is 8.94. The van der Waals surface area contributed by atoms with Crippen molar-refractivity contribution in [1.29, 1.82) is 0 Å². The maximum absolute atomic E-state index is 12.6. The van der Waals surface area contributed by atoms with Crippen LogP contribution in [0.25, 0.3) is 0 Å². The summed E-state index contributed by atoms with van der Waals surface area (Å²) in [6.45, 7) is 0.269. The molecular weight excluding hydrogens is 346 g/mol. The molecule has 2 rings (SSSR count). The lowest BCUT2D eigenvalue weighted by atomic mass is 9.99. The highest BCUT2D eigenvalue weighted by molar-refractivity contribution is 7.89. The highest BCUT2D eigenvalue weighted by Gasteiger charge is 2.32. The molecule has 1 aromatic carbocycles. The Morgan fingerprint density at radius 3 is 2.39 bits per heavy atom. The number of hydrogen-bond acceptors (Lipinski definition) is 5. The molecule has 1 fully saturated rings. The van der Waals surface area contributed by atoms with Gasteiger partial charge in [-0.25, -0.2) is 13.2 Å². The van der Waals surface area contributed by atoms with Crippen LogP contribution < -0.4 is 0 Å². The van der Waals surface area contributed by atoms with E-state index in [2.05, 4.69) is 4.74 Å². The number of piperidine rings is 1. The van der Waals surface area contributed by atoms with Gasteiger partial charge in [-0.3, -0.25) is 4.79 Å². The van der Waals surface area contributed by atoms with Crippen LogP contribution in [0.15, 0.2) is 23.1 Å². The molecule has 0 aliphatic carbocycles. The van der Waals surface area contributed by atoms with Gasteiger partial charge in [0.05, 0.1) is 28.5 Å². The molecule has 0 aromatic heterocycles. The molecule has 0 radical (unpaired) electrons. The number of halogens is 1. The Hall–Kier alpha value is -1.64. The van der Waals surface area contributed by atoms with Crippen molar-refractivity contribution in [2.75, 3.05) is 20.2 Å². The Labute approximate surface area is 138 Å². The van der Waals surface area contributed by atoms with Gasteiger partial charge >= 0.3 is 11.9 Å². The predicted molar refractivity (Wildman–Crippen MR) is 81.9 cm³/mol. The van der Waals surface area contributed by atoms with E-state index in [0.717, 1.165) is 0 Å². The lowest BCUT2D eigenvalue weighted by molar-refractivity contribution is -0.142. The first-order chi connectivity index (χ1) is 10.8. The van der Waals surface area contributed by atoms with Crippen LogP contribution in [0.4, 0.5) is 0 Å². The molecule has 0 amide bonds. The fourth-order valence-corrected chi connectivity index (χ4v) is 4.24. The molecule has 7 nitrogen and oxygen atoms in total. The average Bonchev–Trinajstić information content (AvgIpc) is 2.54. The predicted octanol–water partition coefficient (Wildman–Crippen LogP) is 1.61. The number of methoxy groups -OCH3 is 1. The van der Waals surface area contributed by atoms with Gasteiger partial charge in [-0.15, -0.1) is 0 Å². The van der Waals surface area contributed by atoms with Gasteiger partial charge in [0.1, 0.15) is 0 Å². The van der Waals surface area contributed by atoms with Gasteiger partial charge < -0.3 is 9.84 Å². The second-order valence-corrected chi connectivity index (χ2v) is 7.49. The van der Waals surface area contributed by atoms with E-state index in [1.54, 1.807) is 0 Å². The zero-order valence-electron chi connectivity index (χ0n) is 12.4. The van der Waals surface area contributed by atoms with Crippen LogP contribution in [-0.4, -0.2) is 50.0 Å². The summed E-state index contributed by atoms with van der Waals surface area (Å²) < 4.78 is 30.9. The normalized spacial score (nSPS) is 17.0. The van der Waals surface area contributed by atoms with Crippen molar-refractivity contribution < 1.29 is 27.9 Å². The molecule has 0 atom stereocenters. The number of carboxylic acid groups (broad SMARTS) is 1. The molecule has 0 spiro atoms. The van der Waals surface area contributed by atoms with Crippen LogP contribution in [0, 0.1) is 5.92 Å². The monoisotopic (exact) mass is 361 g/mol. The molecule has 1 N–H and O–H groups in total. The van der Waals surface area contributed by atoms with Gasteiger partial charge in [0, 0.05) is 13.1 Å². The lowest BCUT2D eigenvalue weighted by Crippen LogP contribution is -2.40. The molecule has 1 saturated heterocycles. The van der Waals surface area contributed by atoms with E-state index in [9.17, 15) is 18.0 Å². The van der Waals surface area contributed by atoms with Crippen molar-refractivity contribution in [3.63, 3.8) is 0 Å². The van der Waals surface area contributed by atoms with Crippen LogP contribution in [0.3, 0.4) is 0 Å². The molecule has 0 unspecified atom stereocenters. The number of carbonyl (C=O) groups excluding carboxylic acids is 1. The summed E-state index contributed by atoms with van der Waals surface area (Å²) in [5.74, 6) is -2.08. The molecule has 23 heavy (non-hydrogen) atoms.